The van der Waals surface area contributed by atoms with Gasteiger partial charge in [-0.15, -0.1) is 0 Å². The van der Waals surface area contributed by atoms with Gasteiger partial charge in [-0.25, -0.2) is 4.79 Å². The molecule has 0 aromatic carbocycles. The van der Waals surface area contributed by atoms with Crippen molar-refractivity contribution in [1.82, 2.24) is 4.98 Å². The number of carbonyl (C=O) groups is 1. The molecule has 0 fully saturated rings. The first kappa shape index (κ1) is 8.33. The Kier molecular flexibility index (Phi) is 2.90. The summed E-state index contributed by atoms with van der Waals surface area (Å²) < 4.78 is 0. The number of H-pyrrole nitrogens is 1. The van der Waals surface area contributed by atoms with Gasteiger partial charge in [0.05, 0.1) is 5.56 Å². The maximum absolute atomic E-state index is 10.5. The first-order valence-corrected chi connectivity index (χ1v) is 3.50. The summed E-state index contributed by atoms with van der Waals surface area (Å²) in [4.78, 5) is 13.3. The summed E-state index contributed by atoms with van der Waals surface area (Å²) >= 11 is 0. The molecule has 1 aromatic rings. The van der Waals surface area contributed by atoms with Gasteiger partial charge in [-0.2, -0.15) is 0 Å². The van der Waals surface area contributed by atoms with Crippen LogP contribution in [0.25, 0.3) is 0 Å². The van der Waals surface area contributed by atoms with Crippen LogP contribution in [0, 0.1) is 0 Å². The molecule has 0 radical (unpaired) electrons. The standard InChI is InChI=1S/C9H9NO2/c11-9(12)8-5-3-1-2-4-6-10-7-8/h1-7,10H,(H,11,12). The van der Waals surface area contributed by atoms with Gasteiger partial charge in [0.25, 0.3) is 0 Å². The summed E-state index contributed by atoms with van der Waals surface area (Å²) in [5, 5.41) is 8.64. The second kappa shape index (κ2) is 4.18. The quantitative estimate of drug-likeness (QED) is 0.663. The van der Waals surface area contributed by atoms with Gasteiger partial charge in [0.1, 0.15) is 0 Å². The highest BCUT2D eigenvalue weighted by Gasteiger charge is 1.96. The Hall–Kier alpha value is -1.77. The zero-order valence-corrected chi connectivity index (χ0v) is 6.40. The third kappa shape index (κ3) is 2.46. The number of carboxylic acid groups (broad SMARTS) is 1. The van der Waals surface area contributed by atoms with E-state index in [2.05, 4.69) is 4.98 Å². The fourth-order valence-electron chi connectivity index (χ4n) is 0.718. The SMILES string of the molecule is O=C(O)c1cccccc[nH]c1. The molecule has 1 rings (SSSR count). The summed E-state index contributed by atoms with van der Waals surface area (Å²) in [5.74, 6) is -0.942. The summed E-state index contributed by atoms with van der Waals surface area (Å²) in [6.45, 7) is 0. The second-order valence-electron chi connectivity index (χ2n) is 2.17. The number of nitrogens with one attached hydrogen (secondary N) is 1. The molecule has 1 aromatic heterocycles. The number of aromatic nitrogens is 1. The third-order valence-corrected chi connectivity index (χ3v) is 1.29. The van der Waals surface area contributed by atoms with Crippen molar-refractivity contribution in [2.75, 3.05) is 0 Å². The fourth-order valence-corrected chi connectivity index (χ4v) is 0.718. The van der Waals surface area contributed by atoms with Crippen LogP contribution in [-0.2, 0) is 0 Å². The van der Waals surface area contributed by atoms with E-state index in [0.717, 1.165) is 0 Å². The molecular formula is C9H9NO2. The zero-order valence-electron chi connectivity index (χ0n) is 6.40. The van der Waals surface area contributed by atoms with Gasteiger partial charge in [-0.05, 0) is 12.1 Å². The normalized spacial score (nSPS) is 8.67. The molecule has 0 saturated carbocycles. The smallest absolute Gasteiger partial charge is 0.337 e. The number of rotatable bonds is 1. The predicted molar refractivity (Wildman–Crippen MR) is 45.4 cm³/mol. The lowest BCUT2D eigenvalue weighted by Crippen LogP contribution is -1.93. The monoisotopic (exact) mass is 163 g/mol. The second-order valence-corrected chi connectivity index (χ2v) is 2.17. The molecule has 0 aliphatic carbocycles. The lowest BCUT2D eigenvalue weighted by molar-refractivity contribution is 0.0696. The van der Waals surface area contributed by atoms with Crippen LogP contribution >= 0.6 is 0 Å². The van der Waals surface area contributed by atoms with Crippen LogP contribution in [0.4, 0.5) is 0 Å². The van der Waals surface area contributed by atoms with Crippen LogP contribution in [0.1, 0.15) is 10.4 Å². The van der Waals surface area contributed by atoms with E-state index in [9.17, 15) is 4.79 Å². The molecular weight excluding hydrogens is 154 g/mol. The average molecular weight is 163 g/mol. The molecule has 0 saturated heterocycles. The van der Waals surface area contributed by atoms with E-state index in [1.165, 1.54) is 12.3 Å². The minimum Gasteiger partial charge on any atom is -0.478 e. The van der Waals surface area contributed by atoms with Crippen LogP contribution in [0.5, 0.6) is 0 Å². The van der Waals surface area contributed by atoms with Gasteiger partial charge >= 0.3 is 5.97 Å². The van der Waals surface area contributed by atoms with Gasteiger partial charge in [0.2, 0.25) is 0 Å². The van der Waals surface area contributed by atoms with E-state index < -0.39 is 5.97 Å². The molecule has 0 aliphatic heterocycles. The Labute approximate surface area is 70.0 Å². The van der Waals surface area contributed by atoms with Crippen molar-refractivity contribution >= 4 is 5.97 Å². The first-order valence-electron chi connectivity index (χ1n) is 3.50. The van der Waals surface area contributed by atoms with Gasteiger partial charge in [0.15, 0.2) is 0 Å². The Morgan fingerprint density at radius 1 is 1.25 bits per heavy atom. The van der Waals surface area contributed by atoms with Crippen molar-refractivity contribution in [3.63, 3.8) is 0 Å². The number of hydrogen-bond donors (Lipinski definition) is 2. The molecule has 0 atom stereocenters. The summed E-state index contributed by atoms with van der Waals surface area (Å²) in [6, 6.07) is 8.56. The molecule has 2 N–H and O–H groups in total. The number of carboxylic acids is 1. The molecule has 0 unspecified atom stereocenters. The fraction of sp³-hybridized carbons (Fsp3) is 0. The topological polar surface area (TPSA) is 53.1 Å². The molecule has 12 heavy (non-hydrogen) atoms. The Morgan fingerprint density at radius 2 is 2.00 bits per heavy atom. The predicted octanol–water partition coefficient (Wildman–Crippen LogP) is 1.84. The lowest BCUT2D eigenvalue weighted by Gasteiger charge is -1.85. The number of hydrogen-bond acceptors (Lipinski definition) is 1. The van der Waals surface area contributed by atoms with Crippen molar-refractivity contribution in [2.24, 2.45) is 0 Å². The van der Waals surface area contributed by atoms with E-state index in [1.54, 1.807) is 24.4 Å². The highest BCUT2D eigenvalue weighted by Crippen LogP contribution is 1.91. The van der Waals surface area contributed by atoms with E-state index in [1.807, 2.05) is 6.07 Å². The first-order chi connectivity index (χ1) is 5.80. The molecule has 0 spiro atoms. The van der Waals surface area contributed by atoms with Gasteiger partial charge in [-0.1, -0.05) is 18.2 Å². The zero-order chi connectivity index (χ0) is 8.81. The van der Waals surface area contributed by atoms with Crippen molar-refractivity contribution in [2.45, 2.75) is 0 Å². The van der Waals surface area contributed by atoms with Crippen LogP contribution < -0.4 is 0 Å². The highest BCUT2D eigenvalue weighted by atomic mass is 16.4. The largest absolute Gasteiger partial charge is 0.478 e. The summed E-state index contributed by atoms with van der Waals surface area (Å²) in [7, 11) is 0. The van der Waals surface area contributed by atoms with Crippen molar-refractivity contribution in [1.29, 1.82) is 0 Å². The van der Waals surface area contributed by atoms with Gasteiger partial charge < -0.3 is 10.1 Å². The van der Waals surface area contributed by atoms with E-state index in [0.29, 0.717) is 0 Å². The Morgan fingerprint density at radius 3 is 2.75 bits per heavy atom. The molecule has 0 aliphatic rings. The highest BCUT2D eigenvalue weighted by molar-refractivity contribution is 5.86. The van der Waals surface area contributed by atoms with E-state index in [-0.39, 0.29) is 5.56 Å². The number of aromatic amines is 1. The molecule has 0 bridgehead atoms. The van der Waals surface area contributed by atoms with E-state index >= 15 is 0 Å². The third-order valence-electron chi connectivity index (χ3n) is 1.29. The van der Waals surface area contributed by atoms with Gasteiger partial charge in [-0.3, -0.25) is 0 Å². The van der Waals surface area contributed by atoms with Crippen LogP contribution in [0.2, 0.25) is 0 Å². The van der Waals surface area contributed by atoms with Crippen LogP contribution in [-0.4, -0.2) is 16.1 Å². The Balaban J connectivity index is 3.19. The molecule has 3 nitrogen and oxygen atoms in total. The minimum atomic E-state index is -0.942. The van der Waals surface area contributed by atoms with E-state index in [4.69, 9.17) is 5.11 Å². The Bertz CT molecular complexity index is 292. The van der Waals surface area contributed by atoms with Crippen LogP contribution in [0.3, 0.4) is 0 Å². The average Bonchev–Trinajstić information content (AvgIpc) is 2.15. The number of aromatic carboxylic acids is 1. The summed E-state index contributed by atoms with van der Waals surface area (Å²) in [6.07, 6.45) is 3.09. The molecule has 62 valence electrons. The van der Waals surface area contributed by atoms with Crippen molar-refractivity contribution in [3.05, 3.63) is 48.3 Å². The molecule has 3 heteroatoms. The van der Waals surface area contributed by atoms with Crippen molar-refractivity contribution in [3.8, 4) is 0 Å². The minimum absolute atomic E-state index is 0.228. The van der Waals surface area contributed by atoms with Crippen molar-refractivity contribution < 1.29 is 9.90 Å². The molecule has 0 amide bonds. The lowest BCUT2D eigenvalue weighted by atomic mass is 10.3. The van der Waals surface area contributed by atoms with Gasteiger partial charge in [0, 0.05) is 12.4 Å². The summed E-state index contributed by atoms with van der Waals surface area (Å²) in [5.41, 5.74) is 0.228. The maximum Gasteiger partial charge on any atom is 0.337 e. The maximum atomic E-state index is 10.5. The van der Waals surface area contributed by atoms with Crippen LogP contribution in [0.15, 0.2) is 42.7 Å². The molecule has 1 heterocycles.